The highest BCUT2D eigenvalue weighted by molar-refractivity contribution is 6.35. The monoisotopic (exact) mass is 554 g/mol. The number of para-hydroxylation sites is 1. The van der Waals surface area contributed by atoms with Gasteiger partial charge in [-0.25, -0.2) is 14.3 Å². The van der Waals surface area contributed by atoms with Crippen LogP contribution in [0.3, 0.4) is 0 Å². The molecular formula is C28H24Cl2N2O6. The van der Waals surface area contributed by atoms with E-state index >= 15 is 0 Å². The second kappa shape index (κ2) is 12.0. The summed E-state index contributed by atoms with van der Waals surface area (Å²) in [4.78, 5) is 25.8. The molecule has 0 aliphatic rings. The number of ether oxygens (including phenoxy) is 4. The van der Waals surface area contributed by atoms with Crippen LogP contribution >= 0.6 is 23.2 Å². The van der Waals surface area contributed by atoms with Crippen molar-refractivity contribution in [3.8, 4) is 28.4 Å². The highest BCUT2D eigenvalue weighted by Gasteiger charge is 2.31. The van der Waals surface area contributed by atoms with Crippen LogP contribution in [0.25, 0.3) is 16.9 Å². The van der Waals surface area contributed by atoms with Crippen molar-refractivity contribution in [3.05, 3.63) is 93.6 Å². The van der Waals surface area contributed by atoms with Crippen LogP contribution in [0.4, 0.5) is 0 Å². The molecule has 38 heavy (non-hydrogen) atoms. The SMILES string of the molecule is CCOc1cc(-c2nn(-c3ccccc3)c(C(=O)OC)c2C(=O)OC)ccc1OCc1c(Cl)cccc1Cl. The molecule has 0 bridgehead atoms. The van der Waals surface area contributed by atoms with Crippen LogP contribution in [0.5, 0.6) is 11.5 Å². The zero-order chi connectivity index (χ0) is 27.2. The van der Waals surface area contributed by atoms with Crippen molar-refractivity contribution in [2.24, 2.45) is 0 Å². The molecular weight excluding hydrogens is 531 g/mol. The lowest BCUT2D eigenvalue weighted by Crippen LogP contribution is -2.15. The first kappa shape index (κ1) is 27.0. The normalized spacial score (nSPS) is 10.7. The van der Waals surface area contributed by atoms with Crippen LogP contribution in [0.1, 0.15) is 33.3 Å². The van der Waals surface area contributed by atoms with E-state index in [-0.39, 0.29) is 23.6 Å². The molecule has 0 saturated heterocycles. The minimum absolute atomic E-state index is 0.0397. The summed E-state index contributed by atoms with van der Waals surface area (Å²) in [6.45, 7) is 2.30. The van der Waals surface area contributed by atoms with Crippen molar-refractivity contribution in [1.82, 2.24) is 9.78 Å². The predicted molar refractivity (Wildman–Crippen MR) is 144 cm³/mol. The Bertz CT molecular complexity index is 1450. The second-order valence-corrected chi connectivity index (χ2v) is 8.70. The Morgan fingerprint density at radius 2 is 1.53 bits per heavy atom. The summed E-state index contributed by atoms with van der Waals surface area (Å²) >= 11 is 12.6. The first-order valence-corrected chi connectivity index (χ1v) is 12.3. The number of benzene rings is 3. The van der Waals surface area contributed by atoms with Gasteiger partial charge in [-0.1, -0.05) is 47.5 Å². The van der Waals surface area contributed by atoms with Crippen molar-refractivity contribution in [3.63, 3.8) is 0 Å². The van der Waals surface area contributed by atoms with Crippen LogP contribution in [0.2, 0.25) is 10.0 Å². The van der Waals surface area contributed by atoms with E-state index < -0.39 is 11.9 Å². The smallest absolute Gasteiger partial charge is 0.357 e. The van der Waals surface area contributed by atoms with Gasteiger partial charge >= 0.3 is 11.9 Å². The van der Waals surface area contributed by atoms with Gasteiger partial charge in [-0.2, -0.15) is 5.10 Å². The van der Waals surface area contributed by atoms with Crippen molar-refractivity contribution >= 4 is 35.1 Å². The summed E-state index contributed by atoms with van der Waals surface area (Å²) in [5.74, 6) is -0.649. The Kier molecular flexibility index (Phi) is 8.55. The summed E-state index contributed by atoms with van der Waals surface area (Å²) in [6.07, 6.45) is 0. The number of hydrogen-bond acceptors (Lipinski definition) is 7. The molecule has 4 rings (SSSR count). The van der Waals surface area contributed by atoms with Crippen LogP contribution in [-0.4, -0.2) is 42.5 Å². The van der Waals surface area contributed by atoms with Gasteiger partial charge in [0.2, 0.25) is 0 Å². The van der Waals surface area contributed by atoms with Gasteiger partial charge < -0.3 is 18.9 Å². The van der Waals surface area contributed by atoms with E-state index in [0.29, 0.717) is 45.0 Å². The number of aromatic nitrogens is 2. The van der Waals surface area contributed by atoms with E-state index in [1.54, 1.807) is 60.7 Å². The molecule has 196 valence electrons. The van der Waals surface area contributed by atoms with Gasteiger partial charge in [-0.15, -0.1) is 0 Å². The first-order chi connectivity index (χ1) is 18.4. The molecule has 0 aliphatic heterocycles. The van der Waals surface area contributed by atoms with Gasteiger partial charge in [0, 0.05) is 21.2 Å². The quantitative estimate of drug-likeness (QED) is 0.221. The lowest BCUT2D eigenvalue weighted by atomic mass is 10.0. The van der Waals surface area contributed by atoms with Gasteiger partial charge in [0.05, 0.1) is 26.5 Å². The molecule has 3 aromatic carbocycles. The number of hydrogen-bond donors (Lipinski definition) is 0. The molecule has 4 aromatic rings. The third-order valence-electron chi connectivity index (χ3n) is 5.61. The summed E-state index contributed by atoms with van der Waals surface area (Å²) in [5, 5.41) is 5.59. The van der Waals surface area contributed by atoms with E-state index in [4.69, 9.17) is 42.1 Å². The molecule has 1 heterocycles. The molecule has 0 saturated carbocycles. The van der Waals surface area contributed by atoms with Crippen molar-refractivity contribution < 1.29 is 28.5 Å². The van der Waals surface area contributed by atoms with Gasteiger partial charge in [0.25, 0.3) is 0 Å². The van der Waals surface area contributed by atoms with E-state index in [0.717, 1.165) is 0 Å². The zero-order valence-corrected chi connectivity index (χ0v) is 22.4. The van der Waals surface area contributed by atoms with E-state index in [1.165, 1.54) is 18.9 Å². The highest BCUT2D eigenvalue weighted by Crippen LogP contribution is 2.37. The van der Waals surface area contributed by atoms with Gasteiger partial charge in [-0.05, 0) is 49.4 Å². The molecule has 0 atom stereocenters. The third-order valence-corrected chi connectivity index (χ3v) is 6.31. The Morgan fingerprint density at radius 3 is 2.16 bits per heavy atom. The lowest BCUT2D eigenvalue weighted by Gasteiger charge is -2.14. The van der Waals surface area contributed by atoms with Gasteiger partial charge in [0.1, 0.15) is 17.9 Å². The lowest BCUT2D eigenvalue weighted by molar-refractivity contribution is 0.0549. The van der Waals surface area contributed by atoms with Crippen molar-refractivity contribution in [1.29, 1.82) is 0 Å². The van der Waals surface area contributed by atoms with Crippen LogP contribution < -0.4 is 9.47 Å². The molecule has 8 nitrogen and oxygen atoms in total. The maximum absolute atomic E-state index is 12.9. The standard InChI is InChI=1S/C28H24Cl2N2O6/c1-4-37-23-15-17(13-14-22(23)38-16-19-20(29)11-8-12-21(19)30)25-24(27(33)35-2)26(28(34)36-3)32(31-25)18-9-6-5-7-10-18/h5-15H,4,16H2,1-3H3. The summed E-state index contributed by atoms with van der Waals surface area (Å²) in [5.41, 5.74) is 1.81. The maximum Gasteiger partial charge on any atom is 0.357 e. The van der Waals surface area contributed by atoms with Gasteiger partial charge in [-0.3, -0.25) is 0 Å². The minimum atomic E-state index is -0.741. The average molecular weight is 555 g/mol. The fourth-order valence-corrected chi connectivity index (χ4v) is 4.33. The van der Waals surface area contributed by atoms with Crippen LogP contribution in [0.15, 0.2) is 66.7 Å². The number of nitrogens with zero attached hydrogens (tertiary/aromatic N) is 2. The number of esters is 2. The molecule has 0 aliphatic carbocycles. The van der Waals surface area contributed by atoms with Crippen molar-refractivity contribution in [2.75, 3.05) is 20.8 Å². The summed E-state index contributed by atoms with van der Waals surface area (Å²) < 4.78 is 23.2. The van der Waals surface area contributed by atoms with E-state index in [9.17, 15) is 9.59 Å². The van der Waals surface area contributed by atoms with Crippen LogP contribution in [0, 0.1) is 0 Å². The first-order valence-electron chi connectivity index (χ1n) is 11.6. The van der Waals surface area contributed by atoms with Crippen molar-refractivity contribution in [2.45, 2.75) is 13.5 Å². The summed E-state index contributed by atoms with van der Waals surface area (Å²) in [7, 11) is 2.46. The fourth-order valence-electron chi connectivity index (χ4n) is 3.82. The van der Waals surface area contributed by atoms with E-state index in [2.05, 4.69) is 5.10 Å². The molecule has 10 heteroatoms. The number of rotatable bonds is 9. The predicted octanol–water partition coefficient (Wildman–Crippen LogP) is 6.40. The average Bonchev–Trinajstić information content (AvgIpc) is 3.34. The van der Waals surface area contributed by atoms with Gasteiger partial charge in [0.15, 0.2) is 17.2 Å². The molecule has 0 radical (unpaired) electrons. The Morgan fingerprint density at radius 1 is 0.842 bits per heavy atom. The third kappa shape index (κ3) is 5.46. The highest BCUT2D eigenvalue weighted by atomic mass is 35.5. The number of halogens is 2. The number of methoxy groups -OCH3 is 2. The number of carbonyl (C=O) groups is 2. The van der Waals surface area contributed by atoms with Crippen LogP contribution in [-0.2, 0) is 16.1 Å². The Labute approximate surface area is 229 Å². The Hall–Kier alpha value is -4.01. The zero-order valence-electron chi connectivity index (χ0n) is 20.9. The van der Waals surface area contributed by atoms with E-state index in [1.807, 2.05) is 13.0 Å². The molecule has 0 unspecified atom stereocenters. The topological polar surface area (TPSA) is 88.9 Å². The molecule has 0 amide bonds. The summed E-state index contributed by atoms with van der Waals surface area (Å²) in [6, 6.07) is 19.2. The molecule has 0 fully saturated rings. The molecule has 0 N–H and O–H groups in total. The maximum atomic E-state index is 12.9. The number of carbonyl (C=O) groups excluding carboxylic acids is 2. The largest absolute Gasteiger partial charge is 0.490 e. The fraction of sp³-hybridized carbons (Fsp3) is 0.179. The molecule has 0 spiro atoms. The second-order valence-electron chi connectivity index (χ2n) is 7.89. The minimum Gasteiger partial charge on any atom is -0.490 e. The molecule has 1 aromatic heterocycles. The Balaban J connectivity index is 1.83.